The second-order valence-electron chi connectivity index (χ2n) is 6.29. The smallest absolute Gasteiger partial charge is 0.322 e. The zero-order valence-corrected chi connectivity index (χ0v) is 19.4. The minimum absolute atomic E-state index is 0.0240. The van der Waals surface area contributed by atoms with Gasteiger partial charge in [-0.25, -0.2) is 4.39 Å². The van der Waals surface area contributed by atoms with Crippen LogP contribution in [-0.4, -0.2) is 18.8 Å². The van der Waals surface area contributed by atoms with E-state index < -0.39 is 38.1 Å². The maximum Gasteiger partial charge on any atom is 0.336 e. The quantitative estimate of drug-likeness (QED) is 0.484. The highest BCUT2D eigenvalue weighted by molar-refractivity contribution is 7.84. The zero-order valence-electron chi connectivity index (χ0n) is 14.8. The summed E-state index contributed by atoms with van der Waals surface area (Å²) >= 11 is 28.4. The van der Waals surface area contributed by atoms with Crippen LogP contribution in [0.4, 0.5) is 4.39 Å². The van der Waals surface area contributed by atoms with E-state index >= 15 is 0 Å². The molecular formula is C17H16Cl5FN2O3S. The van der Waals surface area contributed by atoms with Gasteiger partial charge in [-0.2, -0.15) is 13.1 Å². The fraction of sp³-hybridized carbons (Fsp3) is 0.294. The molecule has 0 radical (unpaired) electrons. The van der Waals surface area contributed by atoms with Crippen molar-refractivity contribution >= 4 is 68.3 Å². The van der Waals surface area contributed by atoms with Crippen LogP contribution < -0.4 is 10.5 Å². The lowest BCUT2D eigenvalue weighted by atomic mass is 9.82. The van der Waals surface area contributed by atoms with E-state index in [0.717, 1.165) is 6.07 Å². The Morgan fingerprint density at radius 1 is 1.10 bits per heavy atom. The molecule has 0 saturated carbocycles. The van der Waals surface area contributed by atoms with Gasteiger partial charge in [0.05, 0.1) is 11.6 Å². The van der Waals surface area contributed by atoms with Gasteiger partial charge in [-0.05, 0) is 36.8 Å². The lowest BCUT2D eigenvalue weighted by molar-refractivity contribution is 0.281. The highest BCUT2D eigenvalue weighted by atomic mass is 35.6. The molecule has 2 aromatic rings. The van der Waals surface area contributed by atoms with Crippen molar-refractivity contribution in [3.63, 3.8) is 0 Å². The Kier molecular flexibility index (Phi) is 8.10. The Morgan fingerprint density at radius 3 is 2.17 bits per heavy atom. The Labute approximate surface area is 193 Å². The fourth-order valence-electron chi connectivity index (χ4n) is 2.60. The van der Waals surface area contributed by atoms with Gasteiger partial charge >= 0.3 is 10.3 Å². The van der Waals surface area contributed by atoms with E-state index in [4.69, 9.17) is 67.9 Å². The molecule has 0 saturated heterocycles. The number of hydrogen-bond donors (Lipinski definition) is 2. The maximum absolute atomic E-state index is 14.5. The lowest BCUT2D eigenvalue weighted by Crippen LogP contribution is -2.51. The summed E-state index contributed by atoms with van der Waals surface area (Å²) in [7, 11) is -4.47. The molecule has 160 valence electrons. The Morgan fingerprint density at radius 2 is 1.66 bits per heavy atom. The minimum Gasteiger partial charge on any atom is -0.322 e. The number of halogens is 6. The van der Waals surface area contributed by atoms with Crippen molar-refractivity contribution in [2.45, 2.75) is 22.3 Å². The Bertz CT molecular complexity index is 970. The fourth-order valence-corrected chi connectivity index (χ4v) is 4.39. The van der Waals surface area contributed by atoms with Gasteiger partial charge in [-0.15, -0.1) is 0 Å². The molecule has 2 atom stereocenters. The highest BCUT2D eigenvalue weighted by Gasteiger charge is 2.40. The second kappa shape index (κ2) is 9.42. The average Bonchev–Trinajstić information content (AvgIpc) is 2.59. The SMILES string of the molecule is C[C@](NS(=O)(=O)OCC(Cl)(Cl)Cl)(c1ccc(Cl)cc1)[C@@H](N)c1ccc(Cl)cc1F. The molecule has 0 heterocycles. The number of benzene rings is 2. The standard InChI is InChI=1S/C17H16Cl5FN2O3S/c1-16(10-2-4-11(18)5-3-10,25-29(26,27)28-9-17(20,21)22)15(24)13-7-6-12(19)8-14(13)23/h2-8,15,25H,9,24H2,1H3/t15-,16-/m0/s1. The van der Waals surface area contributed by atoms with Crippen LogP contribution in [0.1, 0.15) is 24.1 Å². The number of hydrogen-bond acceptors (Lipinski definition) is 4. The van der Waals surface area contributed by atoms with Gasteiger partial charge < -0.3 is 5.73 Å². The van der Waals surface area contributed by atoms with Crippen molar-refractivity contribution in [1.29, 1.82) is 0 Å². The van der Waals surface area contributed by atoms with Crippen molar-refractivity contribution in [2.75, 3.05) is 6.61 Å². The van der Waals surface area contributed by atoms with Crippen molar-refractivity contribution in [2.24, 2.45) is 5.73 Å². The van der Waals surface area contributed by atoms with Crippen LogP contribution in [0.25, 0.3) is 0 Å². The molecule has 0 fully saturated rings. The molecule has 0 amide bonds. The molecule has 0 spiro atoms. The lowest BCUT2D eigenvalue weighted by Gasteiger charge is -2.36. The third-order valence-corrected chi connectivity index (χ3v) is 5.99. The molecule has 2 aromatic carbocycles. The largest absolute Gasteiger partial charge is 0.336 e. The van der Waals surface area contributed by atoms with Crippen LogP contribution in [-0.2, 0) is 20.0 Å². The van der Waals surface area contributed by atoms with E-state index in [-0.39, 0.29) is 10.6 Å². The summed E-state index contributed by atoms with van der Waals surface area (Å²) in [4.78, 5) is 0. The number of nitrogens with one attached hydrogen (secondary N) is 1. The first kappa shape index (κ1) is 24.9. The van der Waals surface area contributed by atoms with E-state index in [1.165, 1.54) is 31.2 Å². The molecule has 12 heteroatoms. The van der Waals surface area contributed by atoms with Gasteiger partial charge in [-0.3, -0.25) is 4.18 Å². The van der Waals surface area contributed by atoms with Crippen molar-refractivity contribution in [3.8, 4) is 0 Å². The molecule has 0 aliphatic carbocycles. The van der Waals surface area contributed by atoms with Gasteiger partial charge in [-0.1, -0.05) is 76.2 Å². The first-order valence-corrected chi connectivity index (χ1v) is 11.2. The number of nitrogens with two attached hydrogens (primary N) is 1. The molecule has 0 aliphatic rings. The summed E-state index contributed by atoms with van der Waals surface area (Å²) in [5, 5.41) is 0.580. The normalized spacial score (nSPS) is 15.7. The molecular weight excluding hydrogens is 509 g/mol. The summed E-state index contributed by atoms with van der Waals surface area (Å²) < 4.78 is 44.6. The molecule has 3 N–H and O–H groups in total. The van der Waals surface area contributed by atoms with Gasteiger partial charge in [0.25, 0.3) is 0 Å². The molecule has 29 heavy (non-hydrogen) atoms. The summed E-state index contributed by atoms with van der Waals surface area (Å²) in [6, 6.07) is 8.87. The third kappa shape index (κ3) is 6.82. The van der Waals surface area contributed by atoms with Crippen LogP contribution in [0.2, 0.25) is 10.0 Å². The van der Waals surface area contributed by atoms with Gasteiger partial charge in [0.15, 0.2) is 0 Å². The Balaban J connectivity index is 2.50. The second-order valence-corrected chi connectivity index (χ2v) is 11.0. The summed E-state index contributed by atoms with van der Waals surface area (Å²) in [6.45, 7) is 0.722. The molecule has 0 bridgehead atoms. The van der Waals surface area contributed by atoms with Gasteiger partial charge in [0, 0.05) is 15.6 Å². The van der Waals surface area contributed by atoms with Crippen LogP contribution >= 0.6 is 58.0 Å². The Hall–Kier alpha value is -0.350. The first-order valence-electron chi connectivity index (χ1n) is 7.95. The first-order chi connectivity index (χ1) is 13.2. The highest BCUT2D eigenvalue weighted by Crippen LogP contribution is 2.37. The predicted octanol–water partition coefficient (Wildman–Crippen LogP) is 5.27. The van der Waals surface area contributed by atoms with Gasteiger partial charge in [0.1, 0.15) is 12.4 Å². The van der Waals surface area contributed by atoms with E-state index in [2.05, 4.69) is 4.72 Å². The van der Waals surface area contributed by atoms with E-state index in [1.807, 2.05) is 0 Å². The predicted molar refractivity (Wildman–Crippen MR) is 115 cm³/mol. The molecule has 0 aliphatic heterocycles. The monoisotopic (exact) mass is 522 g/mol. The minimum atomic E-state index is -4.47. The van der Waals surface area contributed by atoms with Crippen LogP contribution in [0, 0.1) is 5.82 Å². The van der Waals surface area contributed by atoms with E-state index in [9.17, 15) is 12.8 Å². The van der Waals surface area contributed by atoms with Gasteiger partial charge in [0.2, 0.25) is 3.79 Å². The molecule has 0 aromatic heterocycles. The summed E-state index contributed by atoms with van der Waals surface area (Å²) in [5.41, 5.74) is 5.16. The van der Waals surface area contributed by atoms with Crippen molar-refractivity contribution < 1.29 is 17.0 Å². The van der Waals surface area contributed by atoms with E-state index in [0.29, 0.717) is 10.6 Å². The number of rotatable bonds is 7. The van der Waals surface area contributed by atoms with Crippen LogP contribution in [0.3, 0.4) is 0 Å². The average molecular weight is 525 g/mol. The van der Waals surface area contributed by atoms with E-state index in [1.54, 1.807) is 12.1 Å². The zero-order chi connectivity index (χ0) is 22.0. The topological polar surface area (TPSA) is 81.4 Å². The molecule has 0 unspecified atom stereocenters. The summed E-state index contributed by atoms with van der Waals surface area (Å²) in [5.74, 6) is -0.702. The van der Waals surface area contributed by atoms with Crippen molar-refractivity contribution in [3.05, 3.63) is 69.5 Å². The molecule has 2 rings (SSSR count). The van der Waals surface area contributed by atoms with Crippen molar-refractivity contribution in [1.82, 2.24) is 4.72 Å². The van der Waals surface area contributed by atoms with Crippen LogP contribution in [0.5, 0.6) is 0 Å². The maximum atomic E-state index is 14.5. The molecule has 5 nitrogen and oxygen atoms in total. The summed E-state index contributed by atoms with van der Waals surface area (Å²) in [6.07, 6.45) is 0. The third-order valence-electron chi connectivity index (χ3n) is 4.08. The van der Waals surface area contributed by atoms with Crippen LogP contribution in [0.15, 0.2) is 42.5 Å². The number of alkyl halides is 3.